The summed E-state index contributed by atoms with van der Waals surface area (Å²) in [5, 5.41) is 16.4. The van der Waals surface area contributed by atoms with Gasteiger partial charge in [0, 0.05) is 30.6 Å². The summed E-state index contributed by atoms with van der Waals surface area (Å²) in [6, 6.07) is 18.8. The highest BCUT2D eigenvalue weighted by atomic mass is 35.5. The van der Waals surface area contributed by atoms with Crippen LogP contribution in [0.4, 0.5) is 5.82 Å². The number of hydrogen-bond donors (Lipinski definition) is 4. The summed E-state index contributed by atoms with van der Waals surface area (Å²) in [5.74, 6) is -0.620. The predicted octanol–water partition coefficient (Wildman–Crippen LogP) is 2.26. The molecule has 7 nitrogen and oxygen atoms in total. The molecule has 32 heavy (non-hydrogen) atoms. The Labute approximate surface area is 191 Å². The second-order valence-corrected chi connectivity index (χ2v) is 7.85. The van der Waals surface area contributed by atoms with Crippen LogP contribution in [0, 0.1) is 0 Å². The van der Waals surface area contributed by atoms with Crippen LogP contribution in [-0.4, -0.2) is 34.1 Å². The van der Waals surface area contributed by atoms with Gasteiger partial charge in [-0.05, 0) is 34.9 Å². The predicted molar refractivity (Wildman–Crippen MR) is 124 cm³/mol. The highest BCUT2D eigenvalue weighted by Gasteiger charge is 2.25. The first kappa shape index (κ1) is 23.2. The fourth-order valence-electron chi connectivity index (χ4n) is 3.16. The van der Waals surface area contributed by atoms with Crippen LogP contribution in [-0.2, 0) is 29.0 Å². The minimum absolute atomic E-state index is 0.148. The first-order chi connectivity index (χ1) is 15.4. The van der Waals surface area contributed by atoms with Gasteiger partial charge < -0.3 is 21.5 Å². The standard InChI is InChI=1S/C24H25ClN4O3/c25-19-8-4-7-17(11-19)12-20(23(31)28-15-18-9-10-22(26)27-14-18)29-24(32)21(30)13-16-5-2-1-3-6-16/h1-11,14,20-21,30H,12-13,15H2,(H2,26,27)(H,28,31)(H,29,32)/t20-,21?/m0/s1. The van der Waals surface area contributed by atoms with Gasteiger partial charge in [-0.3, -0.25) is 9.59 Å². The fourth-order valence-corrected chi connectivity index (χ4v) is 3.37. The van der Waals surface area contributed by atoms with Crippen LogP contribution in [0.15, 0.2) is 72.9 Å². The number of nitrogens with two attached hydrogens (primary N) is 1. The van der Waals surface area contributed by atoms with Gasteiger partial charge in [0.15, 0.2) is 0 Å². The van der Waals surface area contributed by atoms with Crippen LogP contribution in [0.3, 0.4) is 0 Å². The van der Waals surface area contributed by atoms with E-state index in [1.54, 1.807) is 36.5 Å². The van der Waals surface area contributed by atoms with E-state index in [-0.39, 0.29) is 25.3 Å². The molecule has 0 fully saturated rings. The maximum atomic E-state index is 12.9. The molecule has 3 rings (SSSR count). The average Bonchev–Trinajstić information content (AvgIpc) is 2.78. The first-order valence-electron chi connectivity index (χ1n) is 10.2. The summed E-state index contributed by atoms with van der Waals surface area (Å²) in [6.07, 6.45) is 0.656. The molecule has 1 heterocycles. The van der Waals surface area contributed by atoms with Crippen molar-refractivity contribution in [3.8, 4) is 0 Å². The summed E-state index contributed by atoms with van der Waals surface area (Å²) in [4.78, 5) is 29.5. The van der Waals surface area contributed by atoms with Crippen molar-refractivity contribution in [2.45, 2.75) is 31.5 Å². The number of aliphatic hydroxyl groups is 1. The van der Waals surface area contributed by atoms with Crippen LogP contribution in [0.2, 0.25) is 5.02 Å². The Bertz CT molecular complexity index is 1040. The Kier molecular flexibility index (Phi) is 8.19. The third-order valence-electron chi connectivity index (χ3n) is 4.85. The number of hydrogen-bond acceptors (Lipinski definition) is 5. The minimum atomic E-state index is -1.28. The molecule has 0 bridgehead atoms. The van der Waals surface area contributed by atoms with Gasteiger partial charge in [-0.1, -0.05) is 60.1 Å². The quantitative estimate of drug-likeness (QED) is 0.397. The van der Waals surface area contributed by atoms with Gasteiger partial charge in [0.25, 0.3) is 0 Å². The number of carbonyl (C=O) groups is 2. The Hall–Kier alpha value is -3.42. The third-order valence-corrected chi connectivity index (χ3v) is 5.09. The van der Waals surface area contributed by atoms with Gasteiger partial charge in [-0.25, -0.2) is 4.98 Å². The van der Waals surface area contributed by atoms with Crippen LogP contribution >= 0.6 is 11.6 Å². The number of amides is 2. The first-order valence-corrected chi connectivity index (χ1v) is 10.5. The van der Waals surface area contributed by atoms with Crippen LogP contribution < -0.4 is 16.4 Å². The molecule has 0 aliphatic carbocycles. The fraction of sp³-hybridized carbons (Fsp3) is 0.208. The molecule has 1 aromatic heterocycles. The van der Waals surface area contributed by atoms with Gasteiger partial charge in [-0.15, -0.1) is 0 Å². The van der Waals surface area contributed by atoms with Gasteiger partial charge in [-0.2, -0.15) is 0 Å². The van der Waals surface area contributed by atoms with E-state index in [0.717, 1.165) is 16.7 Å². The zero-order valence-electron chi connectivity index (χ0n) is 17.4. The summed E-state index contributed by atoms with van der Waals surface area (Å²) in [7, 11) is 0. The van der Waals surface area contributed by atoms with Crippen LogP contribution in [0.25, 0.3) is 0 Å². The number of rotatable bonds is 9. The van der Waals surface area contributed by atoms with Crippen molar-refractivity contribution < 1.29 is 14.7 Å². The molecular weight excluding hydrogens is 428 g/mol. The minimum Gasteiger partial charge on any atom is -0.384 e. The number of anilines is 1. The Balaban J connectivity index is 1.68. The molecular formula is C24H25ClN4O3. The molecule has 0 aliphatic heterocycles. The molecule has 2 atom stereocenters. The van der Waals surface area contributed by atoms with Crippen molar-refractivity contribution in [1.82, 2.24) is 15.6 Å². The normalized spacial score (nSPS) is 12.6. The maximum Gasteiger partial charge on any atom is 0.249 e. The topological polar surface area (TPSA) is 117 Å². The Morgan fingerprint density at radius 3 is 2.38 bits per heavy atom. The number of nitrogen functional groups attached to an aromatic ring is 1. The third kappa shape index (κ3) is 7.08. The number of nitrogens with zero attached hydrogens (tertiary/aromatic N) is 1. The SMILES string of the molecule is Nc1ccc(CNC(=O)[C@H](Cc2cccc(Cl)c2)NC(=O)C(O)Cc2ccccc2)cn1. The lowest BCUT2D eigenvalue weighted by Gasteiger charge is -2.21. The van der Waals surface area contributed by atoms with Crippen molar-refractivity contribution in [3.05, 3.63) is 94.6 Å². The largest absolute Gasteiger partial charge is 0.384 e. The smallest absolute Gasteiger partial charge is 0.249 e. The van der Waals surface area contributed by atoms with E-state index >= 15 is 0 Å². The summed E-state index contributed by atoms with van der Waals surface area (Å²) < 4.78 is 0. The number of nitrogens with one attached hydrogen (secondary N) is 2. The van der Waals surface area contributed by atoms with E-state index in [1.807, 2.05) is 36.4 Å². The molecule has 0 saturated heterocycles. The summed E-state index contributed by atoms with van der Waals surface area (Å²) in [6.45, 7) is 0.223. The highest BCUT2D eigenvalue weighted by molar-refractivity contribution is 6.30. The van der Waals surface area contributed by atoms with Crippen molar-refractivity contribution in [1.29, 1.82) is 0 Å². The monoisotopic (exact) mass is 452 g/mol. The molecule has 2 amide bonds. The molecule has 5 N–H and O–H groups in total. The van der Waals surface area contributed by atoms with Crippen LogP contribution in [0.5, 0.6) is 0 Å². The number of aromatic nitrogens is 1. The molecule has 8 heteroatoms. The molecule has 0 spiro atoms. The van der Waals surface area contributed by atoms with E-state index in [0.29, 0.717) is 10.8 Å². The molecule has 0 radical (unpaired) electrons. The molecule has 3 aromatic rings. The highest BCUT2D eigenvalue weighted by Crippen LogP contribution is 2.13. The van der Waals surface area contributed by atoms with Crippen molar-refractivity contribution in [2.75, 3.05) is 5.73 Å². The lowest BCUT2D eigenvalue weighted by atomic mass is 10.0. The molecule has 0 saturated carbocycles. The lowest BCUT2D eigenvalue weighted by molar-refractivity contribution is -0.134. The van der Waals surface area contributed by atoms with E-state index in [9.17, 15) is 14.7 Å². The molecule has 166 valence electrons. The average molecular weight is 453 g/mol. The van der Waals surface area contributed by atoms with E-state index in [2.05, 4.69) is 15.6 Å². The zero-order chi connectivity index (χ0) is 22.9. The molecule has 0 aliphatic rings. The maximum absolute atomic E-state index is 12.9. The second-order valence-electron chi connectivity index (χ2n) is 7.41. The number of aliphatic hydroxyl groups excluding tert-OH is 1. The number of benzene rings is 2. The van der Waals surface area contributed by atoms with E-state index < -0.39 is 18.1 Å². The number of carbonyl (C=O) groups excluding carboxylic acids is 2. The van der Waals surface area contributed by atoms with Crippen LogP contribution in [0.1, 0.15) is 16.7 Å². The van der Waals surface area contributed by atoms with Crippen molar-refractivity contribution in [2.24, 2.45) is 0 Å². The summed E-state index contributed by atoms with van der Waals surface area (Å²) >= 11 is 6.06. The van der Waals surface area contributed by atoms with Gasteiger partial charge >= 0.3 is 0 Å². The second kappa shape index (κ2) is 11.3. The zero-order valence-corrected chi connectivity index (χ0v) is 18.1. The molecule has 2 aromatic carbocycles. The van der Waals surface area contributed by atoms with Gasteiger partial charge in [0.1, 0.15) is 18.0 Å². The van der Waals surface area contributed by atoms with Crippen molar-refractivity contribution >= 4 is 29.2 Å². The molecule has 1 unspecified atom stereocenters. The lowest BCUT2D eigenvalue weighted by Crippen LogP contribution is -2.51. The van der Waals surface area contributed by atoms with E-state index in [1.165, 1.54) is 0 Å². The van der Waals surface area contributed by atoms with Gasteiger partial charge in [0.05, 0.1) is 0 Å². The summed E-state index contributed by atoms with van der Waals surface area (Å²) in [5.41, 5.74) is 7.96. The van der Waals surface area contributed by atoms with E-state index in [4.69, 9.17) is 17.3 Å². The Morgan fingerprint density at radius 1 is 0.938 bits per heavy atom. The van der Waals surface area contributed by atoms with Crippen molar-refractivity contribution in [3.63, 3.8) is 0 Å². The number of halogens is 1. The Morgan fingerprint density at radius 2 is 1.69 bits per heavy atom. The number of pyridine rings is 1. The van der Waals surface area contributed by atoms with Gasteiger partial charge in [0.2, 0.25) is 11.8 Å².